The molecule has 2 fully saturated rings. The number of carboxylic acid groups (broad SMARTS) is 1. The summed E-state index contributed by atoms with van der Waals surface area (Å²) in [6, 6.07) is 8.75. The molecule has 2 aliphatic rings. The van der Waals surface area contributed by atoms with E-state index in [9.17, 15) is 4.79 Å². The van der Waals surface area contributed by atoms with Crippen LogP contribution in [-0.4, -0.2) is 30.7 Å². The maximum absolute atomic E-state index is 11.1. The van der Waals surface area contributed by atoms with Gasteiger partial charge in [-0.2, -0.15) is 0 Å². The van der Waals surface area contributed by atoms with E-state index in [4.69, 9.17) is 5.11 Å². The van der Waals surface area contributed by atoms with Crippen LogP contribution in [0.25, 0.3) is 0 Å². The first-order valence-corrected chi connectivity index (χ1v) is 7.51. The van der Waals surface area contributed by atoms with Gasteiger partial charge in [0.15, 0.2) is 0 Å². The Morgan fingerprint density at radius 1 is 1.15 bits per heavy atom. The van der Waals surface area contributed by atoms with E-state index in [1.54, 1.807) is 0 Å². The predicted octanol–water partition coefficient (Wildman–Crippen LogP) is 1.89. The molecule has 0 aromatic heterocycles. The molecule has 0 aliphatic carbocycles. The summed E-state index contributed by atoms with van der Waals surface area (Å²) >= 11 is 0. The summed E-state index contributed by atoms with van der Waals surface area (Å²) in [5.41, 5.74) is 2.72. The Labute approximate surface area is 119 Å². The molecule has 4 heteroatoms. The van der Waals surface area contributed by atoms with Crippen LogP contribution in [0.3, 0.4) is 0 Å². The molecule has 0 saturated carbocycles. The van der Waals surface area contributed by atoms with Crippen molar-refractivity contribution < 1.29 is 9.90 Å². The van der Waals surface area contributed by atoms with E-state index in [0.717, 1.165) is 13.1 Å². The van der Waals surface area contributed by atoms with Gasteiger partial charge in [0.25, 0.3) is 0 Å². The maximum Gasteiger partial charge on any atom is 0.307 e. The smallest absolute Gasteiger partial charge is 0.307 e. The zero-order valence-electron chi connectivity index (χ0n) is 11.6. The minimum atomic E-state index is -0.681. The van der Waals surface area contributed by atoms with Gasteiger partial charge in [-0.1, -0.05) is 24.3 Å². The quantitative estimate of drug-likeness (QED) is 0.787. The monoisotopic (exact) mass is 274 g/mol. The van der Waals surface area contributed by atoms with Gasteiger partial charge in [-0.3, -0.25) is 4.79 Å². The minimum Gasteiger partial charge on any atom is -0.481 e. The average molecular weight is 274 g/mol. The third-order valence-electron chi connectivity index (χ3n) is 4.63. The first-order chi connectivity index (χ1) is 9.75. The van der Waals surface area contributed by atoms with Crippen LogP contribution in [0.2, 0.25) is 0 Å². The molecule has 0 amide bonds. The molecular formula is C16H22N2O2. The van der Waals surface area contributed by atoms with E-state index in [2.05, 4.69) is 34.9 Å². The second kappa shape index (κ2) is 5.94. The summed E-state index contributed by atoms with van der Waals surface area (Å²) in [5, 5.41) is 15.9. The summed E-state index contributed by atoms with van der Waals surface area (Å²) in [4.78, 5) is 11.1. The van der Waals surface area contributed by atoms with Gasteiger partial charge in [0.05, 0.1) is 5.92 Å². The van der Waals surface area contributed by atoms with Crippen molar-refractivity contribution in [2.75, 3.05) is 19.6 Å². The van der Waals surface area contributed by atoms with Gasteiger partial charge in [-0.15, -0.1) is 0 Å². The molecule has 20 heavy (non-hydrogen) atoms. The Morgan fingerprint density at radius 2 is 1.85 bits per heavy atom. The minimum absolute atomic E-state index is 0.196. The number of piperidine rings is 1. The maximum atomic E-state index is 11.1. The van der Waals surface area contributed by atoms with Gasteiger partial charge in [0.2, 0.25) is 0 Å². The summed E-state index contributed by atoms with van der Waals surface area (Å²) in [6.07, 6.45) is 3.05. The van der Waals surface area contributed by atoms with Crippen LogP contribution in [-0.2, 0) is 4.79 Å². The zero-order chi connectivity index (χ0) is 13.9. The Bertz CT molecular complexity index is 483. The standard InChI is InChI=1S/C16H22N2O2/c19-16(20)12-9-15(18-10-12)14-4-2-1-3-13(14)11-5-7-17-8-6-11/h1-4,11-12,15,17-18H,5-10H2,(H,19,20). The zero-order valence-corrected chi connectivity index (χ0v) is 11.6. The molecule has 2 atom stereocenters. The van der Waals surface area contributed by atoms with Gasteiger partial charge >= 0.3 is 5.97 Å². The summed E-state index contributed by atoms with van der Waals surface area (Å²) in [6.45, 7) is 2.74. The number of hydrogen-bond donors (Lipinski definition) is 3. The number of carbonyl (C=O) groups is 1. The molecule has 2 heterocycles. The fourth-order valence-electron chi connectivity index (χ4n) is 3.49. The van der Waals surface area contributed by atoms with Crippen molar-refractivity contribution in [1.82, 2.24) is 10.6 Å². The average Bonchev–Trinajstić information content (AvgIpc) is 2.98. The highest BCUT2D eigenvalue weighted by Crippen LogP contribution is 2.35. The lowest BCUT2D eigenvalue weighted by molar-refractivity contribution is -0.141. The van der Waals surface area contributed by atoms with Crippen LogP contribution < -0.4 is 10.6 Å². The lowest BCUT2D eigenvalue weighted by Crippen LogP contribution is -2.27. The van der Waals surface area contributed by atoms with Crippen molar-refractivity contribution in [3.05, 3.63) is 35.4 Å². The SMILES string of the molecule is O=C(O)C1CNC(c2ccccc2C2CCNCC2)C1. The van der Waals surface area contributed by atoms with E-state index in [-0.39, 0.29) is 12.0 Å². The Balaban J connectivity index is 1.81. The molecular weight excluding hydrogens is 252 g/mol. The Kier molecular flexibility index (Phi) is 4.03. The van der Waals surface area contributed by atoms with Crippen LogP contribution >= 0.6 is 0 Å². The third kappa shape index (κ3) is 2.72. The van der Waals surface area contributed by atoms with Crippen molar-refractivity contribution >= 4 is 5.97 Å². The highest BCUT2D eigenvalue weighted by Gasteiger charge is 2.32. The molecule has 2 saturated heterocycles. The van der Waals surface area contributed by atoms with Crippen molar-refractivity contribution in [1.29, 1.82) is 0 Å². The van der Waals surface area contributed by atoms with Crippen LogP contribution in [0.4, 0.5) is 0 Å². The number of rotatable bonds is 3. The number of hydrogen-bond acceptors (Lipinski definition) is 3. The lowest BCUT2D eigenvalue weighted by Gasteiger charge is -2.27. The van der Waals surface area contributed by atoms with Crippen molar-refractivity contribution in [2.24, 2.45) is 5.92 Å². The molecule has 1 aromatic rings. The van der Waals surface area contributed by atoms with Gasteiger partial charge in [0.1, 0.15) is 0 Å². The third-order valence-corrected chi connectivity index (χ3v) is 4.63. The summed E-state index contributed by atoms with van der Waals surface area (Å²) in [5.74, 6) is -0.321. The van der Waals surface area contributed by atoms with E-state index < -0.39 is 5.97 Å². The van der Waals surface area contributed by atoms with Gasteiger partial charge in [-0.05, 0) is 49.4 Å². The highest BCUT2D eigenvalue weighted by atomic mass is 16.4. The van der Waals surface area contributed by atoms with E-state index >= 15 is 0 Å². The number of benzene rings is 1. The molecule has 4 nitrogen and oxygen atoms in total. The molecule has 1 aromatic carbocycles. The van der Waals surface area contributed by atoms with E-state index in [1.807, 2.05) is 0 Å². The Morgan fingerprint density at radius 3 is 2.50 bits per heavy atom. The largest absolute Gasteiger partial charge is 0.481 e. The second-order valence-electron chi connectivity index (χ2n) is 5.88. The van der Waals surface area contributed by atoms with E-state index in [0.29, 0.717) is 18.9 Å². The van der Waals surface area contributed by atoms with Gasteiger partial charge < -0.3 is 15.7 Å². The number of carboxylic acids is 1. The molecule has 3 rings (SSSR count). The summed E-state index contributed by atoms with van der Waals surface area (Å²) in [7, 11) is 0. The number of nitrogens with one attached hydrogen (secondary N) is 2. The molecule has 2 unspecified atom stereocenters. The van der Waals surface area contributed by atoms with Crippen LogP contribution in [0.15, 0.2) is 24.3 Å². The lowest BCUT2D eigenvalue weighted by atomic mass is 9.84. The highest BCUT2D eigenvalue weighted by molar-refractivity contribution is 5.70. The second-order valence-corrected chi connectivity index (χ2v) is 5.88. The number of aliphatic carboxylic acids is 1. The molecule has 0 radical (unpaired) electrons. The van der Waals surface area contributed by atoms with Crippen LogP contribution in [0.1, 0.15) is 42.3 Å². The van der Waals surface area contributed by atoms with Gasteiger partial charge in [0, 0.05) is 12.6 Å². The first-order valence-electron chi connectivity index (χ1n) is 7.51. The molecule has 0 spiro atoms. The molecule has 108 valence electrons. The van der Waals surface area contributed by atoms with Crippen molar-refractivity contribution in [3.63, 3.8) is 0 Å². The van der Waals surface area contributed by atoms with Crippen molar-refractivity contribution in [2.45, 2.75) is 31.2 Å². The topological polar surface area (TPSA) is 61.4 Å². The van der Waals surface area contributed by atoms with Crippen molar-refractivity contribution in [3.8, 4) is 0 Å². The van der Waals surface area contributed by atoms with Crippen LogP contribution in [0.5, 0.6) is 0 Å². The predicted molar refractivity (Wildman–Crippen MR) is 77.8 cm³/mol. The normalized spacial score (nSPS) is 27.6. The van der Waals surface area contributed by atoms with Crippen LogP contribution in [0, 0.1) is 5.92 Å². The first kappa shape index (κ1) is 13.6. The molecule has 0 bridgehead atoms. The van der Waals surface area contributed by atoms with E-state index in [1.165, 1.54) is 24.0 Å². The molecule has 2 aliphatic heterocycles. The summed E-state index contributed by atoms with van der Waals surface area (Å²) < 4.78 is 0. The fourth-order valence-corrected chi connectivity index (χ4v) is 3.49. The van der Waals surface area contributed by atoms with Gasteiger partial charge in [-0.25, -0.2) is 0 Å². The Hall–Kier alpha value is -1.39. The fraction of sp³-hybridized carbons (Fsp3) is 0.562. The molecule has 3 N–H and O–H groups in total.